The van der Waals surface area contributed by atoms with Crippen LogP contribution in [-0.4, -0.2) is 23.0 Å². The van der Waals surface area contributed by atoms with E-state index in [2.05, 4.69) is 10.3 Å². The molecular formula is C11H15Cl2N5O. The van der Waals surface area contributed by atoms with Crippen LogP contribution in [0.4, 0.5) is 0 Å². The first-order chi connectivity index (χ1) is 8.78. The fourth-order valence-corrected chi connectivity index (χ4v) is 2.13. The van der Waals surface area contributed by atoms with Crippen molar-refractivity contribution in [3.8, 4) is 5.75 Å². The molecule has 8 heteroatoms. The lowest BCUT2D eigenvalue weighted by Gasteiger charge is -2.39. The highest BCUT2D eigenvalue weighted by Crippen LogP contribution is 2.28. The van der Waals surface area contributed by atoms with Gasteiger partial charge in [0, 0.05) is 5.02 Å². The number of hydrogen-bond acceptors (Lipinski definition) is 6. The average molecular weight is 304 g/mol. The lowest BCUT2D eigenvalue weighted by molar-refractivity contribution is -0.0527. The van der Waals surface area contributed by atoms with Crippen LogP contribution < -0.4 is 21.6 Å². The lowest BCUT2D eigenvalue weighted by atomic mass is 10.2. The van der Waals surface area contributed by atoms with Crippen molar-refractivity contribution in [1.82, 2.24) is 10.4 Å². The van der Waals surface area contributed by atoms with Gasteiger partial charge in [-0.15, -0.1) is 5.06 Å². The quantitative estimate of drug-likeness (QED) is 0.770. The molecule has 19 heavy (non-hydrogen) atoms. The Morgan fingerprint density at radius 3 is 2.68 bits per heavy atom. The van der Waals surface area contributed by atoms with E-state index < -0.39 is 12.0 Å². The number of rotatable bonds is 2. The van der Waals surface area contributed by atoms with Crippen LogP contribution in [0, 0.1) is 0 Å². The molecule has 1 aliphatic heterocycles. The number of nitrogens with one attached hydrogen (secondary N) is 1. The summed E-state index contributed by atoms with van der Waals surface area (Å²) < 4.78 is 0. The monoisotopic (exact) mass is 303 g/mol. The molecule has 0 amide bonds. The molecule has 1 heterocycles. The van der Waals surface area contributed by atoms with Crippen LogP contribution in [-0.2, 0) is 0 Å². The summed E-state index contributed by atoms with van der Waals surface area (Å²) >= 11 is 11.8. The predicted molar refractivity (Wildman–Crippen MR) is 75.7 cm³/mol. The minimum absolute atomic E-state index is 0.169. The second-order valence-electron chi connectivity index (χ2n) is 4.61. The number of hydroxylamine groups is 2. The zero-order chi connectivity index (χ0) is 14.2. The summed E-state index contributed by atoms with van der Waals surface area (Å²) in [5.74, 6) is 0.559. The Labute approximate surface area is 121 Å². The van der Waals surface area contributed by atoms with E-state index in [0.29, 0.717) is 15.8 Å². The average Bonchev–Trinajstić information content (AvgIpc) is 2.24. The van der Waals surface area contributed by atoms with Gasteiger partial charge in [0.25, 0.3) is 0 Å². The van der Waals surface area contributed by atoms with Crippen molar-refractivity contribution in [2.24, 2.45) is 16.5 Å². The summed E-state index contributed by atoms with van der Waals surface area (Å²) in [5, 5.41) is 5.15. The van der Waals surface area contributed by atoms with Gasteiger partial charge in [0.15, 0.2) is 12.0 Å². The van der Waals surface area contributed by atoms with Crippen molar-refractivity contribution in [3.63, 3.8) is 0 Å². The summed E-state index contributed by atoms with van der Waals surface area (Å²) in [6.07, 6.45) is -0.640. The molecule has 0 radical (unpaired) electrons. The Kier molecular flexibility index (Phi) is 3.78. The van der Waals surface area contributed by atoms with E-state index in [-0.39, 0.29) is 5.96 Å². The molecule has 1 aliphatic rings. The van der Waals surface area contributed by atoms with Gasteiger partial charge in [-0.2, -0.15) is 0 Å². The standard InChI is InChI=1S/C11H15Cl2N5O/c1-11(2)16-9(14)18(10(15)17-11)19-8-4-3-6(12)5-7(8)13/h3-5,9,16H,14H2,1-2H3,(H2,15,17). The number of halogens is 2. The van der Waals surface area contributed by atoms with E-state index in [9.17, 15) is 0 Å². The molecule has 0 aromatic heterocycles. The predicted octanol–water partition coefficient (Wildman–Crippen LogP) is 1.49. The van der Waals surface area contributed by atoms with E-state index in [1.54, 1.807) is 18.2 Å². The first-order valence-corrected chi connectivity index (χ1v) is 6.35. The number of nitrogens with zero attached hydrogens (tertiary/aromatic N) is 2. The zero-order valence-electron chi connectivity index (χ0n) is 10.5. The molecule has 0 spiro atoms. The van der Waals surface area contributed by atoms with Crippen LogP contribution in [0.3, 0.4) is 0 Å². The van der Waals surface area contributed by atoms with Crippen LogP contribution in [0.2, 0.25) is 10.0 Å². The molecule has 1 aromatic carbocycles. The Hall–Kier alpha value is -1.21. The van der Waals surface area contributed by atoms with Gasteiger partial charge in [0.1, 0.15) is 5.66 Å². The SMILES string of the molecule is CC1(C)N=C(N)N(Oc2ccc(Cl)cc2Cl)C(N)N1. The highest BCUT2D eigenvalue weighted by molar-refractivity contribution is 6.35. The van der Waals surface area contributed by atoms with Crippen molar-refractivity contribution in [3.05, 3.63) is 28.2 Å². The molecule has 6 nitrogen and oxygen atoms in total. The van der Waals surface area contributed by atoms with Crippen LogP contribution >= 0.6 is 23.2 Å². The second-order valence-corrected chi connectivity index (χ2v) is 5.45. The maximum Gasteiger partial charge on any atom is 0.230 e. The van der Waals surface area contributed by atoms with Crippen molar-refractivity contribution in [1.29, 1.82) is 0 Å². The molecule has 0 aliphatic carbocycles. The molecule has 0 fully saturated rings. The van der Waals surface area contributed by atoms with Gasteiger partial charge < -0.3 is 10.6 Å². The Bertz CT molecular complexity index is 520. The zero-order valence-corrected chi connectivity index (χ0v) is 12.0. The summed E-state index contributed by atoms with van der Waals surface area (Å²) in [5.41, 5.74) is 11.2. The van der Waals surface area contributed by atoms with Crippen LogP contribution in [0.25, 0.3) is 0 Å². The maximum absolute atomic E-state index is 6.02. The number of nitrogens with two attached hydrogens (primary N) is 2. The highest BCUT2D eigenvalue weighted by atomic mass is 35.5. The molecule has 1 atom stereocenters. The molecule has 5 N–H and O–H groups in total. The highest BCUT2D eigenvalue weighted by Gasteiger charge is 2.32. The molecule has 0 bridgehead atoms. The van der Waals surface area contributed by atoms with Crippen LogP contribution in [0.1, 0.15) is 13.8 Å². The van der Waals surface area contributed by atoms with E-state index >= 15 is 0 Å². The summed E-state index contributed by atoms with van der Waals surface area (Å²) in [6, 6.07) is 4.85. The minimum atomic E-state index is -0.640. The maximum atomic E-state index is 6.02. The number of aliphatic imine (C=N–C) groups is 1. The third kappa shape index (κ3) is 3.22. The van der Waals surface area contributed by atoms with E-state index in [0.717, 1.165) is 0 Å². The van der Waals surface area contributed by atoms with E-state index in [1.807, 2.05) is 13.8 Å². The summed E-state index contributed by atoms with van der Waals surface area (Å²) in [4.78, 5) is 9.78. The number of hydrogen-bond donors (Lipinski definition) is 3. The Balaban J connectivity index is 2.23. The number of benzene rings is 1. The fraction of sp³-hybridized carbons (Fsp3) is 0.364. The van der Waals surface area contributed by atoms with Gasteiger partial charge in [-0.05, 0) is 32.0 Å². The summed E-state index contributed by atoms with van der Waals surface area (Å²) in [7, 11) is 0. The third-order valence-corrected chi connectivity index (χ3v) is 2.99. The smallest absolute Gasteiger partial charge is 0.230 e. The van der Waals surface area contributed by atoms with Crippen LogP contribution in [0.5, 0.6) is 5.75 Å². The van der Waals surface area contributed by atoms with Gasteiger partial charge in [0.05, 0.1) is 5.02 Å². The lowest BCUT2D eigenvalue weighted by Crippen LogP contribution is -2.66. The molecule has 1 aromatic rings. The Morgan fingerprint density at radius 2 is 2.11 bits per heavy atom. The van der Waals surface area contributed by atoms with Crippen molar-refractivity contribution in [2.75, 3.05) is 0 Å². The van der Waals surface area contributed by atoms with E-state index in [1.165, 1.54) is 5.06 Å². The van der Waals surface area contributed by atoms with Gasteiger partial charge in [0.2, 0.25) is 5.96 Å². The van der Waals surface area contributed by atoms with Gasteiger partial charge in [-0.25, -0.2) is 4.99 Å². The first kappa shape index (κ1) is 14.2. The summed E-state index contributed by atoms with van der Waals surface area (Å²) in [6.45, 7) is 3.71. The Morgan fingerprint density at radius 1 is 1.42 bits per heavy atom. The molecule has 2 rings (SSSR count). The van der Waals surface area contributed by atoms with Crippen molar-refractivity contribution < 1.29 is 4.84 Å². The second kappa shape index (κ2) is 5.05. The largest absolute Gasteiger partial charge is 0.372 e. The van der Waals surface area contributed by atoms with Crippen LogP contribution in [0.15, 0.2) is 23.2 Å². The first-order valence-electron chi connectivity index (χ1n) is 5.59. The molecule has 1 unspecified atom stereocenters. The molecule has 104 valence electrons. The van der Waals surface area contributed by atoms with Gasteiger partial charge >= 0.3 is 0 Å². The molecular weight excluding hydrogens is 289 g/mol. The number of guanidine groups is 1. The topological polar surface area (TPSA) is 88.9 Å². The normalized spacial score (nSPS) is 22.1. The van der Waals surface area contributed by atoms with E-state index in [4.69, 9.17) is 39.5 Å². The van der Waals surface area contributed by atoms with Gasteiger partial charge in [-0.1, -0.05) is 23.2 Å². The van der Waals surface area contributed by atoms with Gasteiger partial charge in [-0.3, -0.25) is 11.1 Å². The van der Waals surface area contributed by atoms with Crippen molar-refractivity contribution >= 4 is 29.2 Å². The third-order valence-electron chi connectivity index (χ3n) is 2.46. The molecule has 0 saturated carbocycles. The molecule has 0 saturated heterocycles. The minimum Gasteiger partial charge on any atom is -0.372 e. The van der Waals surface area contributed by atoms with Crippen molar-refractivity contribution in [2.45, 2.75) is 25.8 Å². The fourth-order valence-electron chi connectivity index (χ4n) is 1.69.